The summed E-state index contributed by atoms with van der Waals surface area (Å²) in [6.07, 6.45) is 1.31. The van der Waals surface area contributed by atoms with Crippen molar-refractivity contribution in [3.63, 3.8) is 0 Å². The van der Waals surface area contributed by atoms with Crippen molar-refractivity contribution >= 4 is 40.5 Å². The molecule has 0 amide bonds. The van der Waals surface area contributed by atoms with Gasteiger partial charge in [-0.15, -0.1) is 0 Å². The molecule has 1 atom stereocenters. The number of ether oxygens (including phenoxy) is 1. The van der Waals surface area contributed by atoms with Gasteiger partial charge in [0.25, 0.3) is 5.56 Å². The molecule has 1 unspecified atom stereocenters. The van der Waals surface area contributed by atoms with E-state index in [0.29, 0.717) is 23.9 Å². The summed E-state index contributed by atoms with van der Waals surface area (Å²) in [6, 6.07) is 15.5. The molecule has 1 aliphatic heterocycles. The number of morpholine rings is 1. The first-order chi connectivity index (χ1) is 13.5. The lowest BCUT2D eigenvalue weighted by Crippen LogP contribution is -2.38. The first-order valence-electron chi connectivity index (χ1n) is 8.69. The van der Waals surface area contributed by atoms with Crippen LogP contribution in [0.2, 0.25) is 15.1 Å². The zero-order valence-corrected chi connectivity index (χ0v) is 17.0. The third-order valence-electron chi connectivity index (χ3n) is 4.63. The van der Waals surface area contributed by atoms with Crippen LogP contribution >= 0.6 is 34.8 Å². The van der Waals surface area contributed by atoms with Crippen LogP contribution < -0.4 is 10.5 Å². The van der Waals surface area contributed by atoms with Crippen LogP contribution in [0.4, 0.5) is 5.69 Å². The van der Waals surface area contributed by atoms with Crippen molar-refractivity contribution in [2.75, 3.05) is 24.6 Å². The molecule has 0 spiro atoms. The fourth-order valence-electron chi connectivity index (χ4n) is 3.22. The lowest BCUT2D eigenvalue weighted by molar-refractivity contribution is 0.0398. The van der Waals surface area contributed by atoms with Gasteiger partial charge in [-0.2, -0.15) is 9.78 Å². The summed E-state index contributed by atoms with van der Waals surface area (Å²) in [5.74, 6) is 0. The van der Waals surface area contributed by atoms with Crippen molar-refractivity contribution in [1.82, 2.24) is 9.78 Å². The summed E-state index contributed by atoms with van der Waals surface area (Å²) in [5, 5.41) is 4.60. The first-order valence-corrected chi connectivity index (χ1v) is 9.83. The van der Waals surface area contributed by atoms with Crippen LogP contribution in [-0.2, 0) is 4.74 Å². The van der Waals surface area contributed by atoms with Crippen LogP contribution in [0.25, 0.3) is 5.69 Å². The number of rotatable bonds is 3. The summed E-state index contributed by atoms with van der Waals surface area (Å²) in [5.41, 5.74) is 2.04. The number of hydrogen-bond acceptors (Lipinski definition) is 4. The average Bonchev–Trinajstić information content (AvgIpc) is 2.73. The lowest BCUT2D eigenvalue weighted by Gasteiger charge is -2.35. The van der Waals surface area contributed by atoms with Crippen LogP contribution in [0.5, 0.6) is 0 Å². The molecule has 1 fully saturated rings. The molecular weight excluding hydrogens is 421 g/mol. The normalized spacial score (nSPS) is 17.0. The predicted octanol–water partition coefficient (Wildman–Crippen LogP) is 4.77. The Balaban J connectivity index is 1.62. The molecule has 144 valence electrons. The van der Waals surface area contributed by atoms with Gasteiger partial charge in [0.15, 0.2) is 0 Å². The molecular formula is C20H16Cl3N3O2. The van der Waals surface area contributed by atoms with Gasteiger partial charge in [0, 0.05) is 13.1 Å². The SMILES string of the molecule is O=c1c(Cl)c(Cl)cnn1-c1ccc(N2CCOC(c3ccccc3)C2)c(Cl)c1. The average molecular weight is 437 g/mol. The van der Waals surface area contributed by atoms with Gasteiger partial charge in [-0.25, -0.2) is 0 Å². The van der Waals surface area contributed by atoms with Crippen molar-refractivity contribution in [1.29, 1.82) is 0 Å². The highest BCUT2D eigenvalue weighted by molar-refractivity contribution is 6.41. The monoisotopic (exact) mass is 435 g/mol. The van der Waals surface area contributed by atoms with E-state index < -0.39 is 5.56 Å². The van der Waals surface area contributed by atoms with E-state index in [9.17, 15) is 4.79 Å². The molecule has 0 bridgehead atoms. The molecule has 1 aromatic heterocycles. The second kappa shape index (κ2) is 8.13. The number of aromatic nitrogens is 2. The molecule has 1 saturated heterocycles. The fourth-order valence-corrected chi connectivity index (χ4v) is 3.77. The van der Waals surface area contributed by atoms with Crippen LogP contribution in [0.3, 0.4) is 0 Å². The van der Waals surface area contributed by atoms with Gasteiger partial charge in [-0.1, -0.05) is 65.1 Å². The van der Waals surface area contributed by atoms with Gasteiger partial charge in [-0.05, 0) is 23.8 Å². The van der Waals surface area contributed by atoms with E-state index in [0.717, 1.165) is 17.8 Å². The van der Waals surface area contributed by atoms with E-state index in [4.69, 9.17) is 39.5 Å². The van der Waals surface area contributed by atoms with Gasteiger partial charge in [-0.3, -0.25) is 4.79 Å². The van der Waals surface area contributed by atoms with E-state index in [1.807, 2.05) is 24.3 Å². The highest BCUT2D eigenvalue weighted by atomic mass is 35.5. The molecule has 0 radical (unpaired) electrons. The van der Waals surface area contributed by atoms with Gasteiger partial charge in [0.2, 0.25) is 0 Å². The summed E-state index contributed by atoms with van der Waals surface area (Å²) in [4.78, 5) is 14.5. The van der Waals surface area contributed by atoms with E-state index in [-0.39, 0.29) is 16.1 Å². The van der Waals surface area contributed by atoms with Crippen molar-refractivity contribution in [3.05, 3.63) is 85.7 Å². The topological polar surface area (TPSA) is 47.4 Å². The Kier molecular flexibility index (Phi) is 5.60. The van der Waals surface area contributed by atoms with Crippen LogP contribution in [0, 0.1) is 0 Å². The minimum Gasteiger partial charge on any atom is -0.370 e. The smallest absolute Gasteiger partial charge is 0.291 e. The molecule has 4 rings (SSSR count). The van der Waals surface area contributed by atoms with E-state index >= 15 is 0 Å². The molecule has 2 heterocycles. The number of anilines is 1. The van der Waals surface area contributed by atoms with Crippen molar-refractivity contribution in [3.8, 4) is 5.69 Å². The second-order valence-electron chi connectivity index (χ2n) is 6.38. The summed E-state index contributed by atoms with van der Waals surface area (Å²) < 4.78 is 7.10. The van der Waals surface area contributed by atoms with Crippen molar-refractivity contribution in [2.24, 2.45) is 0 Å². The molecule has 1 aliphatic rings. The van der Waals surface area contributed by atoms with Gasteiger partial charge >= 0.3 is 0 Å². The maximum atomic E-state index is 12.3. The lowest BCUT2D eigenvalue weighted by atomic mass is 10.1. The Hall–Kier alpha value is -2.05. The minimum absolute atomic E-state index is 0.0231. The Morgan fingerprint density at radius 3 is 2.57 bits per heavy atom. The van der Waals surface area contributed by atoms with E-state index in [1.165, 1.54) is 10.9 Å². The number of halogens is 3. The number of benzene rings is 2. The number of hydrogen-bond donors (Lipinski definition) is 0. The zero-order chi connectivity index (χ0) is 19.7. The standard InChI is InChI=1S/C20H16Cl3N3O2/c21-15-10-14(26-20(27)19(23)16(22)11-24-26)6-7-17(15)25-8-9-28-18(12-25)13-4-2-1-3-5-13/h1-7,10-11,18H,8-9,12H2. The van der Waals surface area contributed by atoms with Crippen LogP contribution in [0.15, 0.2) is 59.5 Å². The largest absolute Gasteiger partial charge is 0.370 e. The molecule has 28 heavy (non-hydrogen) atoms. The molecule has 0 aliphatic carbocycles. The van der Waals surface area contributed by atoms with E-state index in [2.05, 4.69) is 22.1 Å². The number of nitrogens with zero attached hydrogens (tertiary/aromatic N) is 3. The van der Waals surface area contributed by atoms with Crippen molar-refractivity contribution in [2.45, 2.75) is 6.10 Å². The Morgan fingerprint density at radius 1 is 1.04 bits per heavy atom. The molecule has 5 nitrogen and oxygen atoms in total. The fraction of sp³-hybridized carbons (Fsp3) is 0.200. The molecule has 3 aromatic rings. The van der Waals surface area contributed by atoms with Gasteiger partial charge < -0.3 is 9.64 Å². The van der Waals surface area contributed by atoms with E-state index in [1.54, 1.807) is 12.1 Å². The predicted molar refractivity (Wildman–Crippen MR) is 112 cm³/mol. The highest BCUT2D eigenvalue weighted by Gasteiger charge is 2.23. The third-order valence-corrected chi connectivity index (χ3v) is 5.68. The maximum Gasteiger partial charge on any atom is 0.291 e. The minimum atomic E-state index is -0.492. The van der Waals surface area contributed by atoms with Gasteiger partial charge in [0.1, 0.15) is 11.1 Å². The van der Waals surface area contributed by atoms with Crippen molar-refractivity contribution < 1.29 is 4.74 Å². The maximum absolute atomic E-state index is 12.3. The zero-order valence-electron chi connectivity index (χ0n) is 14.7. The summed E-state index contributed by atoms with van der Waals surface area (Å²) >= 11 is 18.3. The van der Waals surface area contributed by atoms with Crippen LogP contribution in [-0.4, -0.2) is 29.5 Å². The second-order valence-corrected chi connectivity index (χ2v) is 7.57. The van der Waals surface area contributed by atoms with Gasteiger partial charge in [0.05, 0.1) is 34.2 Å². The Bertz CT molecular complexity index is 1060. The van der Waals surface area contributed by atoms with Crippen LogP contribution in [0.1, 0.15) is 11.7 Å². The molecule has 0 N–H and O–H groups in total. The highest BCUT2D eigenvalue weighted by Crippen LogP contribution is 2.32. The Morgan fingerprint density at radius 2 is 1.82 bits per heavy atom. The summed E-state index contributed by atoms with van der Waals surface area (Å²) in [6.45, 7) is 2.02. The first kappa shape index (κ1) is 19.3. The molecule has 2 aromatic carbocycles. The summed E-state index contributed by atoms with van der Waals surface area (Å²) in [7, 11) is 0. The molecule has 8 heteroatoms. The third kappa shape index (κ3) is 3.76. The quantitative estimate of drug-likeness (QED) is 0.593. The Labute approximate surface area is 177 Å². The molecule has 0 saturated carbocycles.